The van der Waals surface area contributed by atoms with E-state index in [1.165, 1.54) is 4.90 Å². The highest BCUT2D eigenvalue weighted by Crippen LogP contribution is 2.42. The number of carbonyl (C=O) groups is 2. The van der Waals surface area contributed by atoms with Gasteiger partial charge in [0.2, 0.25) is 0 Å². The molecule has 2 aliphatic rings. The number of nitrogens with zero attached hydrogens (tertiary/aromatic N) is 1. The van der Waals surface area contributed by atoms with Gasteiger partial charge in [-0.15, -0.1) is 0 Å². The summed E-state index contributed by atoms with van der Waals surface area (Å²) in [7, 11) is 0. The van der Waals surface area contributed by atoms with Gasteiger partial charge < -0.3 is 9.84 Å². The van der Waals surface area contributed by atoms with Crippen molar-refractivity contribution < 1.29 is 19.4 Å². The molecule has 1 saturated heterocycles. The minimum Gasteiger partial charge on any atom is -0.480 e. The highest BCUT2D eigenvalue weighted by Gasteiger charge is 2.53. The summed E-state index contributed by atoms with van der Waals surface area (Å²) in [6.45, 7) is 2.25. The van der Waals surface area contributed by atoms with E-state index in [9.17, 15) is 14.7 Å². The first-order valence-corrected chi connectivity index (χ1v) is 7.79. The predicted molar refractivity (Wildman–Crippen MR) is 80.4 cm³/mol. The quantitative estimate of drug-likeness (QED) is 0.911. The maximum atomic E-state index is 12.9. The van der Waals surface area contributed by atoms with Gasteiger partial charge in [0.25, 0.3) is 5.91 Å². The van der Waals surface area contributed by atoms with Gasteiger partial charge in [0.1, 0.15) is 5.72 Å². The Labute approximate surface area is 129 Å². The Hall–Kier alpha value is -1.88. The van der Waals surface area contributed by atoms with Crippen molar-refractivity contribution in [1.82, 2.24) is 4.90 Å². The Morgan fingerprint density at radius 1 is 1.23 bits per heavy atom. The summed E-state index contributed by atoms with van der Waals surface area (Å²) in [5.41, 5.74) is -0.236. The van der Waals surface area contributed by atoms with Crippen LogP contribution < -0.4 is 0 Å². The second-order valence-corrected chi connectivity index (χ2v) is 6.33. The minimum absolute atomic E-state index is 0.0717. The van der Waals surface area contributed by atoms with Crippen LogP contribution >= 0.6 is 0 Å². The second kappa shape index (κ2) is 5.72. The van der Waals surface area contributed by atoms with Crippen molar-refractivity contribution in [2.45, 2.75) is 44.4 Å². The normalized spacial score (nSPS) is 31.4. The fourth-order valence-electron chi connectivity index (χ4n) is 3.49. The largest absolute Gasteiger partial charge is 0.480 e. The smallest absolute Gasteiger partial charge is 0.328 e. The lowest BCUT2D eigenvalue weighted by molar-refractivity contribution is -0.143. The van der Waals surface area contributed by atoms with Gasteiger partial charge in [0.05, 0.1) is 6.61 Å². The minimum atomic E-state index is -1.00. The number of ether oxygens (including phenoxy) is 1. The molecule has 3 rings (SSSR count). The number of carboxylic acid groups (broad SMARTS) is 1. The van der Waals surface area contributed by atoms with Gasteiger partial charge in [0, 0.05) is 5.56 Å². The monoisotopic (exact) mass is 303 g/mol. The number of benzene rings is 1. The number of aliphatic carboxylic acids is 1. The third-order valence-corrected chi connectivity index (χ3v) is 4.84. The van der Waals surface area contributed by atoms with Gasteiger partial charge in [-0.05, 0) is 43.7 Å². The van der Waals surface area contributed by atoms with E-state index in [1.54, 1.807) is 24.3 Å². The Balaban J connectivity index is 1.94. The van der Waals surface area contributed by atoms with E-state index >= 15 is 0 Å². The van der Waals surface area contributed by atoms with Crippen molar-refractivity contribution in [3.05, 3.63) is 35.9 Å². The molecule has 1 heterocycles. The Bertz CT molecular complexity index is 563. The zero-order valence-corrected chi connectivity index (χ0v) is 12.7. The third kappa shape index (κ3) is 2.50. The summed E-state index contributed by atoms with van der Waals surface area (Å²) in [4.78, 5) is 25.9. The van der Waals surface area contributed by atoms with Crippen molar-refractivity contribution in [3.8, 4) is 0 Å². The number of rotatable bonds is 2. The lowest BCUT2D eigenvalue weighted by Gasteiger charge is -2.42. The maximum Gasteiger partial charge on any atom is 0.328 e. The Morgan fingerprint density at radius 2 is 1.86 bits per heavy atom. The van der Waals surface area contributed by atoms with Crippen molar-refractivity contribution in [2.75, 3.05) is 6.61 Å². The highest BCUT2D eigenvalue weighted by molar-refractivity contribution is 5.97. The first-order valence-electron chi connectivity index (χ1n) is 7.79. The first kappa shape index (κ1) is 15.0. The summed E-state index contributed by atoms with van der Waals surface area (Å²) < 4.78 is 5.88. The average Bonchev–Trinajstić information content (AvgIpc) is 2.90. The molecule has 5 nitrogen and oxygen atoms in total. The van der Waals surface area contributed by atoms with Gasteiger partial charge in [-0.25, -0.2) is 4.79 Å². The summed E-state index contributed by atoms with van der Waals surface area (Å²) in [6, 6.07) is 7.95. The number of hydrogen-bond acceptors (Lipinski definition) is 3. The van der Waals surface area contributed by atoms with E-state index in [4.69, 9.17) is 4.74 Å². The summed E-state index contributed by atoms with van der Waals surface area (Å²) >= 11 is 0. The molecule has 0 aromatic heterocycles. The molecule has 0 bridgehead atoms. The molecule has 0 radical (unpaired) electrons. The van der Waals surface area contributed by atoms with Crippen LogP contribution in [0.5, 0.6) is 0 Å². The van der Waals surface area contributed by atoms with Gasteiger partial charge in [-0.3, -0.25) is 9.69 Å². The van der Waals surface area contributed by atoms with E-state index < -0.39 is 17.7 Å². The van der Waals surface area contributed by atoms with Crippen LogP contribution in [0.15, 0.2) is 30.3 Å². The number of hydrogen-bond donors (Lipinski definition) is 1. The predicted octanol–water partition coefficient (Wildman–Crippen LogP) is 2.52. The van der Waals surface area contributed by atoms with E-state index in [0.717, 1.165) is 12.8 Å². The molecule has 118 valence electrons. The van der Waals surface area contributed by atoms with Crippen LogP contribution in [-0.2, 0) is 9.53 Å². The first-order chi connectivity index (χ1) is 10.5. The van der Waals surface area contributed by atoms with Gasteiger partial charge in [-0.2, -0.15) is 0 Å². The summed E-state index contributed by atoms with van der Waals surface area (Å²) in [5, 5.41) is 9.47. The maximum absolute atomic E-state index is 12.9. The van der Waals surface area contributed by atoms with Crippen LogP contribution in [0.2, 0.25) is 0 Å². The van der Waals surface area contributed by atoms with Crippen LogP contribution in [0.4, 0.5) is 0 Å². The molecule has 1 aliphatic heterocycles. The second-order valence-electron chi connectivity index (χ2n) is 6.33. The highest BCUT2D eigenvalue weighted by atomic mass is 16.5. The van der Waals surface area contributed by atoms with Gasteiger partial charge >= 0.3 is 5.97 Å². The van der Waals surface area contributed by atoms with E-state index in [-0.39, 0.29) is 12.5 Å². The molecule has 2 fully saturated rings. The topological polar surface area (TPSA) is 66.8 Å². The SMILES string of the molecule is CC1CCC2(CC1)OCC(C(=O)O)N2C(=O)c1ccccc1. The molecule has 1 spiro atoms. The van der Waals surface area contributed by atoms with Gasteiger partial charge in [-0.1, -0.05) is 25.1 Å². The number of carboxylic acids is 1. The van der Waals surface area contributed by atoms with Crippen LogP contribution in [-0.4, -0.2) is 40.3 Å². The van der Waals surface area contributed by atoms with Crippen LogP contribution in [0.3, 0.4) is 0 Å². The van der Waals surface area contributed by atoms with E-state index in [1.807, 2.05) is 6.07 Å². The molecule has 22 heavy (non-hydrogen) atoms. The number of carbonyl (C=O) groups excluding carboxylic acids is 1. The van der Waals surface area contributed by atoms with Crippen molar-refractivity contribution >= 4 is 11.9 Å². The van der Waals surface area contributed by atoms with Crippen molar-refractivity contribution in [1.29, 1.82) is 0 Å². The molecule has 1 saturated carbocycles. The Kier molecular flexibility index (Phi) is 3.91. The van der Waals surface area contributed by atoms with E-state index in [0.29, 0.717) is 24.3 Å². The fourth-order valence-corrected chi connectivity index (χ4v) is 3.49. The van der Waals surface area contributed by atoms with Crippen molar-refractivity contribution in [3.63, 3.8) is 0 Å². The van der Waals surface area contributed by atoms with Gasteiger partial charge in [0.15, 0.2) is 6.04 Å². The standard InChI is InChI=1S/C17H21NO4/c1-12-7-9-17(10-8-12)18(14(11-22-17)16(20)21)15(19)13-5-3-2-4-6-13/h2-6,12,14H,7-11H2,1H3,(H,20,21). The van der Waals surface area contributed by atoms with Crippen molar-refractivity contribution in [2.24, 2.45) is 5.92 Å². The summed E-state index contributed by atoms with van der Waals surface area (Å²) in [5.74, 6) is -0.661. The molecule has 5 heteroatoms. The van der Waals surface area contributed by atoms with Crippen LogP contribution in [0.1, 0.15) is 43.0 Å². The summed E-state index contributed by atoms with van der Waals surface area (Å²) in [6.07, 6.45) is 3.31. The lowest BCUT2D eigenvalue weighted by atomic mass is 9.83. The van der Waals surface area contributed by atoms with E-state index in [2.05, 4.69) is 6.92 Å². The molecular formula is C17H21NO4. The average molecular weight is 303 g/mol. The zero-order chi connectivity index (χ0) is 15.7. The lowest BCUT2D eigenvalue weighted by Crippen LogP contribution is -2.55. The molecule has 1 aliphatic carbocycles. The number of amides is 1. The molecule has 1 atom stereocenters. The molecule has 1 unspecified atom stereocenters. The molecule has 1 aromatic carbocycles. The fraction of sp³-hybridized carbons (Fsp3) is 0.529. The molecule has 1 N–H and O–H groups in total. The molecule has 1 aromatic rings. The Morgan fingerprint density at radius 3 is 2.45 bits per heavy atom. The third-order valence-electron chi connectivity index (χ3n) is 4.84. The molecule has 1 amide bonds. The van der Waals surface area contributed by atoms with Crippen LogP contribution in [0.25, 0.3) is 0 Å². The van der Waals surface area contributed by atoms with Crippen LogP contribution in [0, 0.1) is 5.92 Å². The molecular weight excluding hydrogens is 282 g/mol. The zero-order valence-electron chi connectivity index (χ0n) is 12.7.